The number of rotatable bonds is 18. The van der Waals surface area contributed by atoms with Gasteiger partial charge < -0.3 is 9.84 Å². The highest BCUT2D eigenvalue weighted by molar-refractivity contribution is 5.66. The first kappa shape index (κ1) is 32.4. The maximum atomic E-state index is 10.3. The normalized spacial score (nSPS) is 21.4. The van der Waals surface area contributed by atoms with Crippen molar-refractivity contribution in [1.82, 2.24) is 4.90 Å². The van der Waals surface area contributed by atoms with Gasteiger partial charge in [-0.25, -0.2) is 0 Å². The van der Waals surface area contributed by atoms with E-state index in [1.54, 1.807) is 0 Å². The molecule has 208 valence electrons. The lowest BCUT2D eigenvalue weighted by Crippen LogP contribution is -2.61. The molecule has 2 aliphatic heterocycles. The van der Waals surface area contributed by atoms with Crippen LogP contribution >= 0.6 is 0 Å². The van der Waals surface area contributed by atoms with E-state index in [4.69, 9.17) is 9.84 Å². The third kappa shape index (κ3) is 16.0. The minimum absolute atomic E-state index is 0.327. The molecule has 0 aromatic heterocycles. The van der Waals surface area contributed by atoms with Crippen LogP contribution in [0.5, 0.6) is 0 Å². The Morgan fingerprint density at radius 2 is 1.14 bits per heavy atom. The van der Waals surface area contributed by atoms with Crippen molar-refractivity contribution in [2.45, 2.75) is 174 Å². The van der Waals surface area contributed by atoms with Crippen molar-refractivity contribution in [3.63, 3.8) is 0 Å². The second-order valence-electron chi connectivity index (χ2n) is 12.8. The SMILES string of the molecule is CC1CC(C)(C)N(CC2CO2)C(C)(C)C1.CCCCCCCCCCCCCCCCCC(=O)O. The predicted molar refractivity (Wildman–Crippen MR) is 150 cm³/mol. The van der Waals surface area contributed by atoms with Gasteiger partial charge in [-0.05, 0) is 52.9 Å². The van der Waals surface area contributed by atoms with E-state index < -0.39 is 5.97 Å². The molecular formula is C31H61NO3. The molecule has 0 saturated carbocycles. The molecule has 1 atom stereocenters. The highest BCUT2D eigenvalue weighted by atomic mass is 16.6. The van der Waals surface area contributed by atoms with Crippen LogP contribution in [0, 0.1) is 5.92 Å². The molecule has 2 saturated heterocycles. The maximum absolute atomic E-state index is 10.3. The Hall–Kier alpha value is -0.610. The first-order valence-corrected chi connectivity index (χ1v) is 15.2. The summed E-state index contributed by atoms with van der Waals surface area (Å²) in [6.45, 7) is 16.3. The van der Waals surface area contributed by atoms with Crippen LogP contribution in [0.1, 0.15) is 157 Å². The van der Waals surface area contributed by atoms with E-state index in [1.165, 1.54) is 96.3 Å². The number of aliphatic carboxylic acids is 1. The Morgan fingerprint density at radius 3 is 1.49 bits per heavy atom. The van der Waals surface area contributed by atoms with Gasteiger partial charge in [-0.2, -0.15) is 0 Å². The number of nitrogens with zero attached hydrogens (tertiary/aromatic N) is 1. The van der Waals surface area contributed by atoms with Crippen molar-refractivity contribution in [1.29, 1.82) is 0 Å². The topological polar surface area (TPSA) is 53.1 Å². The van der Waals surface area contributed by atoms with E-state index in [9.17, 15) is 4.79 Å². The first-order valence-electron chi connectivity index (χ1n) is 15.2. The molecule has 0 amide bonds. The van der Waals surface area contributed by atoms with Crippen LogP contribution in [0.25, 0.3) is 0 Å². The number of likely N-dealkylation sites (tertiary alicyclic amines) is 1. The lowest BCUT2D eigenvalue weighted by molar-refractivity contribution is -0.137. The third-order valence-electron chi connectivity index (χ3n) is 7.94. The first-order chi connectivity index (χ1) is 16.6. The maximum Gasteiger partial charge on any atom is 0.303 e. The van der Waals surface area contributed by atoms with E-state index in [-0.39, 0.29) is 0 Å². The van der Waals surface area contributed by atoms with E-state index in [0.717, 1.165) is 31.9 Å². The third-order valence-corrected chi connectivity index (χ3v) is 7.94. The number of epoxide rings is 1. The Kier molecular flexibility index (Phi) is 16.5. The van der Waals surface area contributed by atoms with E-state index in [0.29, 0.717) is 23.6 Å². The summed E-state index contributed by atoms with van der Waals surface area (Å²) in [6.07, 6.45) is 23.3. The monoisotopic (exact) mass is 495 g/mol. The van der Waals surface area contributed by atoms with Crippen molar-refractivity contribution < 1.29 is 14.6 Å². The fraction of sp³-hybridized carbons (Fsp3) is 0.968. The predicted octanol–water partition coefficient (Wildman–Crippen LogP) is 9.01. The zero-order valence-corrected chi connectivity index (χ0v) is 24.5. The molecule has 1 unspecified atom stereocenters. The molecule has 1 N–H and O–H groups in total. The van der Waals surface area contributed by atoms with Crippen molar-refractivity contribution >= 4 is 5.97 Å². The fourth-order valence-electron chi connectivity index (χ4n) is 6.34. The van der Waals surface area contributed by atoms with Gasteiger partial charge in [-0.3, -0.25) is 9.69 Å². The minimum Gasteiger partial charge on any atom is -0.481 e. The number of hydrogen-bond acceptors (Lipinski definition) is 3. The summed E-state index contributed by atoms with van der Waals surface area (Å²) < 4.78 is 5.38. The molecule has 2 heterocycles. The molecule has 0 aromatic carbocycles. The Labute approximate surface area is 219 Å². The van der Waals surface area contributed by atoms with Gasteiger partial charge in [0.05, 0.1) is 12.7 Å². The number of carbonyl (C=O) groups is 1. The lowest BCUT2D eigenvalue weighted by atomic mass is 9.74. The van der Waals surface area contributed by atoms with E-state index in [1.807, 2.05) is 0 Å². The second kappa shape index (κ2) is 17.8. The molecule has 35 heavy (non-hydrogen) atoms. The Balaban J connectivity index is 0.000000362. The number of hydrogen-bond donors (Lipinski definition) is 1. The highest BCUT2D eigenvalue weighted by Gasteiger charge is 2.45. The van der Waals surface area contributed by atoms with Crippen LogP contribution in [0.2, 0.25) is 0 Å². The van der Waals surface area contributed by atoms with Crippen LogP contribution in [0.15, 0.2) is 0 Å². The number of piperidine rings is 1. The summed E-state index contributed by atoms with van der Waals surface area (Å²) in [4.78, 5) is 13.0. The summed E-state index contributed by atoms with van der Waals surface area (Å²) >= 11 is 0. The summed E-state index contributed by atoms with van der Waals surface area (Å²) in [7, 11) is 0. The fourth-order valence-corrected chi connectivity index (χ4v) is 6.34. The molecule has 0 spiro atoms. The Bertz CT molecular complexity index is 523. The number of carboxylic acid groups (broad SMARTS) is 1. The highest BCUT2D eigenvalue weighted by Crippen LogP contribution is 2.41. The second-order valence-corrected chi connectivity index (χ2v) is 12.8. The summed E-state index contributed by atoms with van der Waals surface area (Å²) in [5.74, 6) is 0.186. The smallest absolute Gasteiger partial charge is 0.303 e. The lowest BCUT2D eigenvalue weighted by Gasteiger charge is -2.55. The van der Waals surface area contributed by atoms with Crippen LogP contribution in [0.4, 0.5) is 0 Å². The summed E-state index contributed by atoms with van der Waals surface area (Å²) in [5.41, 5.74) is 0.653. The number of carboxylic acids is 1. The Morgan fingerprint density at radius 1 is 0.771 bits per heavy atom. The molecule has 4 nitrogen and oxygen atoms in total. The number of unbranched alkanes of at least 4 members (excludes halogenated alkanes) is 14. The molecule has 0 aliphatic carbocycles. The van der Waals surface area contributed by atoms with Crippen molar-refractivity contribution in [2.75, 3.05) is 13.2 Å². The molecular weight excluding hydrogens is 434 g/mol. The molecule has 0 radical (unpaired) electrons. The van der Waals surface area contributed by atoms with Crippen LogP contribution in [-0.4, -0.2) is 46.3 Å². The van der Waals surface area contributed by atoms with Gasteiger partial charge in [0.2, 0.25) is 0 Å². The standard InChI is InChI=1S/C18H36O2.C13H25NO/c1-2-3-4-5-6-7-8-9-10-11-12-13-14-15-16-17-18(19)20;1-10-6-12(2,3)14(8-11-9-15-11)13(4,5)7-10/h2-17H2,1H3,(H,19,20);10-11H,6-9H2,1-5H3. The van der Waals surface area contributed by atoms with Gasteiger partial charge in [0.1, 0.15) is 0 Å². The molecule has 2 rings (SSSR count). The zero-order valence-electron chi connectivity index (χ0n) is 24.5. The van der Waals surface area contributed by atoms with Crippen molar-refractivity contribution in [3.05, 3.63) is 0 Å². The minimum atomic E-state index is -0.653. The molecule has 0 bridgehead atoms. The molecule has 0 aromatic rings. The van der Waals surface area contributed by atoms with E-state index in [2.05, 4.69) is 46.4 Å². The van der Waals surface area contributed by atoms with Gasteiger partial charge in [-0.1, -0.05) is 104 Å². The number of ether oxygens (including phenoxy) is 1. The van der Waals surface area contributed by atoms with Crippen molar-refractivity contribution in [2.24, 2.45) is 5.92 Å². The van der Waals surface area contributed by atoms with Gasteiger partial charge in [0.15, 0.2) is 0 Å². The summed E-state index contributed by atoms with van der Waals surface area (Å²) in [5, 5.41) is 8.52. The largest absolute Gasteiger partial charge is 0.481 e. The average molecular weight is 496 g/mol. The van der Waals surface area contributed by atoms with Gasteiger partial charge in [0, 0.05) is 24.0 Å². The quantitative estimate of drug-likeness (QED) is 0.152. The van der Waals surface area contributed by atoms with Gasteiger partial charge in [-0.15, -0.1) is 0 Å². The van der Waals surface area contributed by atoms with Gasteiger partial charge >= 0.3 is 5.97 Å². The molecule has 2 aliphatic rings. The molecule has 2 fully saturated rings. The van der Waals surface area contributed by atoms with Crippen LogP contribution in [-0.2, 0) is 9.53 Å². The van der Waals surface area contributed by atoms with Gasteiger partial charge in [0.25, 0.3) is 0 Å². The van der Waals surface area contributed by atoms with E-state index >= 15 is 0 Å². The molecule has 4 heteroatoms. The van der Waals surface area contributed by atoms with Crippen molar-refractivity contribution in [3.8, 4) is 0 Å². The summed E-state index contributed by atoms with van der Waals surface area (Å²) in [6, 6.07) is 0. The zero-order chi connectivity index (χ0) is 26.2. The van der Waals surface area contributed by atoms with Crippen LogP contribution < -0.4 is 0 Å². The average Bonchev–Trinajstić information content (AvgIpc) is 3.57. The van der Waals surface area contributed by atoms with Crippen LogP contribution in [0.3, 0.4) is 0 Å².